The molecule has 0 aliphatic rings. The van der Waals surface area contributed by atoms with Crippen LogP contribution in [0, 0.1) is 0 Å². The van der Waals surface area contributed by atoms with Crippen molar-refractivity contribution < 1.29 is 9.47 Å². The maximum Gasteiger partial charge on any atom is 0.175 e. The highest BCUT2D eigenvalue weighted by atomic mass is 79.9. The van der Waals surface area contributed by atoms with Crippen LogP contribution in [-0.2, 0) is 13.0 Å². The Balaban J connectivity index is 2.15. The van der Waals surface area contributed by atoms with Crippen LogP contribution in [0.2, 0.25) is 0 Å². The maximum atomic E-state index is 5.77. The number of halogens is 1. The summed E-state index contributed by atoms with van der Waals surface area (Å²) in [5.41, 5.74) is 3.64. The van der Waals surface area contributed by atoms with Crippen LogP contribution >= 0.6 is 15.9 Å². The van der Waals surface area contributed by atoms with Gasteiger partial charge in [0.1, 0.15) is 0 Å². The first kappa shape index (κ1) is 17.7. The molecule has 0 atom stereocenters. The quantitative estimate of drug-likeness (QED) is 0.665. The highest BCUT2D eigenvalue weighted by molar-refractivity contribution is 9.10. The molecule has 0 saturated heterocycles. The standard InChI is InChI=1S/C19H24BrNO2/c1-4-10-23-19-16(20)11-14(12-18(19)22-3)13-21-17-9-7-6-8-15(17)5-2/h6-9,11-12,21H,4-5,10,13H2,1-3H3. The molecule has 0 unspecified atom stereocenters. The highest BCUT2D eigenvalue weighted by Crippen LogP contribution is 2.37. The van der Waals surface area contributed by atoms with Gasteiger partial charge in [0.2, 0.25) is 0 Å². The molecule has 0 aliphatic carbocycles. The summed E-state index contributed by atoms with van der Waals surface area (Å²) in [6.07, 6.45) is 1.98. The summed E-state index contributed by atoms with van der Waals surface area (Å²) in [6.45, 7) is 5.67. The molecule has 0 bridgehead atoms. The summed E-state index contributed by atoms with van der Waals surface area (Å²) in [4.78, 5) is 0. The third-order valence-corrected chi connectivity index (χ3v) is 4.21. The second kappa shape index (κ2) is 8.82. The van der Waals surface area contributed by atoms with Gasteiger partial charge in [0.15, 0.2) is 11.5 Å². The minimum atomic E-state index is 0.677. The van der Waals surface area contributed by atoms with Crippen molar-refractivity contribution in [3.05, 3.63) is 52.0 Å². The lowest BCUT2D eigenvalue weighted by Gasteiger charge is -2.15. The van der Waals surface area contributed by atoms with Gasteiger partial charge in [0.25, 0.3) is 0 Å². The van der Waals surface area contributed by atoms with Gasteiger partial charge in [-0.25, -0.2) is 0 Å². The third kappa shape index (κ3) is 4.64. The molecule has 0 aliphatic heterocycles. The van der Waals surface area contributed by atoms with E-state index in [0.29, 0.717) is 6.61 Å². The Hall–Kier alpha value is -1.68. The van der Waals surface area contributed by atoms with E-state index in [-0.39, 0.29) is 0 Å². The average Bonchev–Trinajstić information content (AvgIpc) is 2.58. The van der Waals surface area contributed by atoms with Gasteiger partial charge in [-0.05, 0) is 58.1 Å². The number of hydrogen-bond acceptors (Lipinski definition) is 3. The molecule has 2 rings (SSSR count). The van der Waals surface area contributed by atoms with Crippen molar-refractivity contribution in [2.24, 2.45) is 0 Å². The van der Waals surface area contributed by atoms with Crippen molar-refractivity contribution in [2.45, 2.75) is 33.2 Å². The summed E-state index contributed by atoms with van der Waals surface area (Å²) in [7, 11) is 1.67. The first-order valence-corrected chi connectivity index (χ1v) is 8.79. The zero-order valence-electron chi connectivity index (χ0n) is 14.0. The number of rotatable bonds is 8. The second-order valence-electron chi connectivity index (χ2n) is 5.32. The van der Waals surface area contributed by atoms with E-state index in [4.69, 9.17) is 9.47 Å². The van der Waals surface area contributed by atoms with Crippen LogP contribution < -0.4 is 14.8 Å². The maximum absolute atomic E-state index is 5.77. The van der Waals surface area contributed by atoms with E-state index in [1.165, 1.54) is 11.3 Å². The summed E-state index contributed by atoms with van der Waals surface area (Å²) < 4.78 is 12.2. The summed E-state index contributed by atoms with van der Waals surface area (Å²) in [5, 5.41) is 3.50. The molecule has 0 heterocycles. The number of para-hydroxylation sites is 1. The molecule has 0 radical (unpaired) electrons. The van der Waals surface area contributed by atoms with E-state index in [1.807, 2.05) is 6.07 Å². The van der Waals surface area contributed by atoms with E-state index in [2.05, 4.69) is 65.4 Å². The molecule has 0 aromatic heterocycles. The van der Waals surface area contributed by atoms with Crippen molar-refractivity contribution >= 4 is 21.6 Å². The summed E-state index contributed by atoms with van der Waals surface area (Å²) >= 11 is 3.59. The van der Waals surface area contributed by atoms with Gasteiger partial charge in [-0.3, -0.25) is 0 Å². The number of benzene rings is 2. The minimum absolute atomic E-state index is 0.677. The predicted octanol–water partition coefficient (Wildman–Crippen LogP) is 5.42. The lowest BCUT2D eigenvalue weighted by Crippen LogP contribution is -2.04. The molecule has 2 aromatic rings. The fourth-order valence-electron chi connectivity index (χ4n) is 2.42. The molecule has 2 aromatic carbocycles. The van der Waals surface area contributed by atoms with Gasteiger partial charge in [0.05, 0.1) is 18.2 Å². The number of ether oxygens (including phenoxy) is 2. The van der Waals surface area contributed by atoms with Crippen LogP contribution in [0.5, 0.6) is 11.5 Å². The first-order valence-electron chi connectivity index (χ1n) is 8.00. The highest BCUT2D eigenvalue weighted by Gasteiger charge is 2.11. The van der Waals surface area contributed by atoms with Gasteiger partial charge >= 0.3 is 0 Å². The molecular formula is C19H24BrNO2. The monoisotopic (exact) mass is 377 g/mol. The topological polar surface area (TPSA) is 30.5 Å². The molecular weight excluding hydrogens is 354 g/mol. The molecule has 124 valence electrons. The van der Waals surface area contributed by atoms with E-state index in [9.17, 15) is 0 Å². The van der Waals surface area contributed by atoms with Crippen molar-refractivity contribution in [3.8, 4) is 11.5 Å². The molecule has 0 spiro atoms. The number of nitrogens with one attached hydrogen (secondary N) is 1. The largest absolute Gasteiger partial charge is 0.493 e. The van der Waals surface area contributed by atoms with Crippen LogP contribution in [0.15, 0.2) is 40.9 Å². The Bertz CT molecular complexity index is 643. The molecule has 3 nitrogen and oxygen atoms in total. The minimum Gasteiger partial charge on any atom is -0.493 e. The SMILES string of the molecule is CCCOc1c(Br)cc(CNc2ccccc2CC)cc1OC. The number of anilines is 1. The normalized spacial score (nSPS) is 10.4. The molecule has 4 heteroatoms. The Morgan fingerprint density at radius 1 is 1.13 bits per heavy atom. The number of hydrogen-bond donors (Lipinski definition) is 1. The Morgan fingerprint density at radius 3 is 2.61 bits per heavy atom. The van der Waals surface area contributed by atoms with Crippen molar-refractivity contribution in [2.75, 3.05) is 19.0 Å². The molecule has 0 amide bonds. The van der Waals surface area contributed by atoms with E-state index < -0.39 is 0 Å². The van der Waals surface area contributed by atoms with E-state index >= 15 is 0 Å². The Labute approximate surface area is 147 Å². The van der Waals surface area contributed by atoms with Gasteiger partial charge in [-0.1, -0.05) is 32.0 Å². The van der Waals surface area contributed by atoms with E-state index in [0.717, 1.165) is 40.9 Å². The van der Waals surface area contributed by atoms with E-state index in [1.54, 1.807) is 7.11 Å². The zero-order chi connectivity index (χ0) is 16.7. The smallest absolute Gasteiger partial charge is 0.175 e. The van der Waals surface area contributed by atoms with Crippen LogP contribution in [0.1, 0.15) is 31.4 Å². The van der Waals surface area contributed by atoms with Crippen molar-refractivity contribution in [3.63, 3.8) is 0 Å². The van der Waals surface area contributed by atoms with Gasteiger partial charge in [-0.2, -0.15) is 0 Å². The van der Waals surface area contributed by atoms with Gasteiger partial charge in [-0.15, -0.1) is 0 Å². The number of aryl methyl sites for hydroxylation is 1. The van der Waals surface area contributed by atoms with Crippen molar-refractivity contribution in [1.82, 2.24) is 0 Å². The van der Waals surface area contributed by atoms with Gasteiger partial charge in [0, 0.05) is 12.2 Å². The van der Waals surface area contributed by atoms with Crippen LogP contribution in [0.3, 0.4) is 0 Å². The summed E-state index contributed by atoms with van der Waals surface area (Å²) in [5.74, 6) is 1.53. The summed E-state index contributed by atoms with van der Waals surface area (Å²) in [6, 6.07) is 12.5. The van der Waals surface area contributed by atoms with Crippen LogP contribution in [0.25, 0.3) is 0 Å². The Morgan fingerprint density at radius 2 is 1.91 bits per heavy atom. The fraction of sp³-hybridized carbons (Fsp3) is 0.368. The van der Waals surface area contributed by atoms with Crippen molar-refractivity contribution in [1.29, 1.82) is 0 Å². The molecule has 0 saturated carbocycles. The lowest BCUT2D eigenvalue weighted by molar-refractivity contribution is 0.292. The average molecular weight is 378 g/mol. The fourth-order valence-corrected chi connectivity index (χ4v) is 3.02. The van der Waals surface area contributed by atoms with Crippen LogP contribution in [-0.4, -0.2) is 13.7 Å². The van der Waals surface area contributed by atoms with Crippen LogP contribution in [0.4, 0.5) is 5.69 Å². The zero-order valence-corrected chi connectivity index (χ0v) is 15.6. The molecule has 23 heavy (non-hydrogen) atoms. The predicted molar refractivity (Wildman–Crippen MR) is 99.6 cm³/mol. The Kier molecular flexibility index (Phi) is 6.78. The lowest BCUT2D eigenvalue weighted by atomic mass is 10.1. The number of methoxy groups -OCH3 is 1. The van der Waals surface area contributed by atoms with Gasteiger partial charge < -0.3 is 14.8 Å². The third-order valence-electron chi connectivity index (χ3n) is 3.62. The molecule has 1 N–H and O–H groups in total. The first-order chi connectivity index (χ1) is 11.2. The second-order valence-corrected chi connectivity index (χ2v) is 6.18. The molecule has 0 fully saturated rings.